The molecule has 0 fully saturated rings. The van der Waals surface area contributed by atoms with Crippen LogP contribution in [0, 0.1) is 10.1 Å². The summed E-state index contributed by atoms with van der Waals surface area (Å²) in [6.07, 6.45) is 0. The number of carbonyl (C=O) groups excluding carboxylic acids is 1. The van der Waals surface area contributed by atoms with Crippen LogP contribution in [0.4, 0.5) is 11.4 Å². The monoisotopic (exact) mass is 210 g/mol. The molecule has 6 heteroatoms. The van der Waals surface area contributed by atoms with Crippen molar-refractivity contribution in [3.05, 3.63) is 27.8 Å². The average Bonchev–Trinajstić information content (AvgIpc) is 2.16. The van der Waals surface area contributed by atoms with Gasteiger partial charge in [-0.3, -0.25) is 14.9 Å². The number of nitro groups is 1. The van der Waals surface area contributed by atoms with Crippen molar-refractivity contribution >= 4 is 17.2 Å². The van der Waals surface area contributed by atoms with Crippen LogP contribution in [0.5, 0.6) is 5.75 Å². The Morgan fingerprint density at radius 1 is 1.53 bits per heavy atom. The van der Waals surface area contributed by atoms with Crippen LogP contribution in [0.3, 0.4) is 0 Å². The molecular formula is C9H10N2O4. The molecule has 6 nitrogen and oxygen atoms in total. The van der Waals surface area contributed by atoms with E-state index in [-0.39, 0.29) is 17.0 Å². The molecule has 80 valence electrons. The van der Waals surface area contributed by atoms with E-state index < -0.39 is 16.4 Å². The second kappa shape index (κ2) is 3.95. The maximum absolute atomic E-state index is 11.3. The molecule has 0 aliphatic rings. The minimum Gasteiger partial charge on any atom is -0.496 e. The van der Waals surface area contributed by atoms with E-state index in [1.54, 1.807) is 0 Å². The van der Waals surface area contributed by atoms with Gasteiger partial charge < -0.3 is 10.5 Å². The van der Waals surface area contributed by atoms with E-state index in [0.717, 1.165) is 0 Å². The molecule has 0 radical (unpaired) electrons. The summed E-state index contributed by atoms with van der Waals surface area (Å²) in [6.45, 7) is 1.23. The van der Waals surface area contributed by atoms with Crippen molar-refractivity contribution < 1.29 is 14.5 Å². The molecule has 0 aliphatic heterocycles. The SMILES string of the molecule is COc1ccc(N)c([N+](=O)[O-])c1C(C)=O. The minimum atomic E-state index is -0.686. The molecule has 0 amide bonds. The van der Waals surface area contributed by atoms with Gasteiger partial charge in [-0.05, 0) is 19.1 Å². The third kappa shape index (κ3) is 1.88. The van der Waals surface area contributed by atoms with Crippen molar-refractivity contribution in [2.45, 2.75) is 6.92 Å². The van der Waals surface area contributed by atoms with E-state index >= 15 is 0 Å². The van der Waals surface area contributed by atoms with Gasteiger partial charge in [0.15, 0.2) is 5.78 Å². The predicted octanol–water partition coefficient (Wildman–Crippen LogP) is 1.39. The van der Waals surface area contributed by atoms with E-state index in [1.807, 2.05) is 0 Å². The van der Waals surface area contributed by atoms with Crippen molar-refractivity contribution in [3.63, 3.8) is 0 Å². The number of rotatable bonds is 3. The quantitative estimate of drug-likeness (QED) is 0.352. The molecule has 1 aromatic rings. The average molecular weight is 210 g/mol. The highest BCUT2D eigenvalue weighted by molar-refractivity contribution is 6.02. The molecule has 2 N–H and O–H groups in total. The van der Waals surface area contributed by atoms with Crippen LogP contribution in [-0.2, 0) is 0 Å². The van der Waals surface area contributed by atoms with Crippen LogP contribution in [0.15, 0.2) is 12.1 Å². The zero-order valence-electron chi connectivity index (χ0n) is 8.31. The molecule has 0 atom stereocenters. The standard InChI is InChI=1S/C9H10N2O4/c1-5(12)8-7(15-2)4-3-6(10)9(8)11(13)14/h3-4H,10H2,1-2H3. The Bertz CT molecular complexity index is 428. The number of anilines is 1. The van der Waals surface area contributed by atoms with Crippen molar-refractivity contribution in [2.24, 2.45) is 0 Å². The second-order valence-electron chi connectivity index (χ2n) is 2.89. The Labute approximate surface area is 85.8 Å². The van der Waals surface area contributed by atoms with Gasteiger partial charge in [0.05, 0.1) is 12.0 Å². The number of nitrogens with zero attached hydrogens (tertiary/aromatic N) is 1. The van der Waals surface area contributed by atoms with Gasteiger partial charge in [0.25, 0.3) is 0 Å². The third-order valence-corrected chi connectivity index (χ3v) is 1.93. The molecule has 0 saturated heterocycles. The van der Waals surface area contributed by atoms with E-state index in [9.17, 15) is 14.9 Å². The van der Waals surface area contributed by atoms with Crippen molar-refractivity contribution in [2.75, 3.05) is 12.8 Å². The van der Waals surface area contributed by atoms with Gasteiger partial charge in [0, 0.05) is 0 Å². The number of Topliss-reactive ketones (excluding diaryl/α,β-unsaturated/α-hetero) is 1. The lowest BCUT2D eigenvalue weighted by molar-refractivity contribution is -0.384. The molecule has 1 aromatic carbocycles. The van der Waals surface area contributed by atoms with Gasteiger partial charge in [-0.15, -0.1) is 0 Å². The molecule has 0 spiro atoms. The van der Waals surface area contributed by atoms with Gasteiger partial charge in [-0.1, -0.05) is 0 Å². The molecule has 0 aromatic heterocycles. The normalized spacial score (nSPS) is 9.73. The minimum absolute atomic E-state index is 0.0500. The lowest BCUT2D eigenvalue weighted by Crippen LogP contribution is -2.06. The van der Waals surface area contributed by atoms with Gasteiger partial charge in [-0.2, -0.15) is 0 Å². The highest BCUT2D eigenvalue weighted by Crippen LogP contribution is 2.33. The van der Waals surface area contributed by atoms with E-state index in [0.29, 0.717) is 0 Å². The predicted molar refractivity (Wildman–Crippen MR) is 54.1 cm³/mol. The molecule has 0 bridgehead atoms. The maximum atomic E-state index is 11.3. The van der Waals surface area contributed by atoms with Crippen LogP contribution in [0.2, 0.25) is 0 Å². The summed E-state index contributed by atoms with van der Waals surface area (Å²) < 4.78 is 4.87. The van der Waals surface area contributed by atoms with Gasteiger partial charge in [0.2, 0.25) is 0 Å². The van der Waals surface area contributed by atoms with Gasteiger partial charge in [0.1, 0.15) is 17.0 Å². The van der Waals surface area contributed by atoms with Crippen LogP contribution in [0.25, 0.3) is 0 Å². The first kappa shape index (κ1) is 11.0. The second-order valence-corrected chi connectivity index (χ2v) is 2.89. The number of hydrogen-bond acceptors (Lipinski definition) is 5. The summed E-state index contributed by atoms with van der Waals surface area (Å²) in [5.74, 6) is -0.297. The highest BCUT2D eigenvalue weighted by Gasteiger charge is 2.25. The fraction of sp³-hybridized carbons (Fsp3) is 0.222. The fourth-order valence-corrected chi connectivity index (χ4v) is 1.30. The Kier molecular flexibility index (Phi) is 2.89. The molecule has 0 aliphatic carbocycles. The van der Waals surface area contributed by atoms with E-state index in [1.165, 1.54) is 26.2 Å². The van der Waals surface area contributed by atoms with Crippen LogP contribution >= 0.6 is 0 Å². The number of nitrogens with two attached hydrogens (primary N) is 1. The van der Waals surface area contributed by atoms with Gasteiger partial charge in [-0.25, -0.2) is 0 Å². The number of methoxy groups -OCH3 is 1. The number of carbonyl (C=O) groups is 1. The van der Waals surface area contributed by atoms with Crippen LogP contribution < -0.4 is 10.5 Å². The summed E-state index contributed by atoms with van der Waals surface area (Å²) in [5, 5.41) is 10.7. The first-order valence-corrected chi connectivity index (χ1v) is 4.10. The Balaban J connectivity index is 3.58. The van der Waals surface area contributed by atoms with Crippen molar-refractivity contribution in [3.8, 4) is 5.75 Å². The summed E-state index contributed by atoms with van der Waals surface area (Å²) in [7, 11) is 1.34. The zero-order chi connectivity index (χ0) is 11.6. The largest absolute Gasteiger partial charge is 0.496 e. The lowest BCUT2D eigenvalue weighted by Gasteiger charge is -2.07. The third-order valence-electron chi connectivity index (χ3n) is 1.93. The molecule has 1 rings (SSSR count). The van der Waals surface area contributed by atoms with Crippen LogP contribution in [-0.4, -0.2) is 17.8 Å². The molecule has 0 saturated carbocycles. The van der Waals surface area contributed by atoms with E-state index in [2.05, 4.69) is 0 Å². The number of benzene rings is 1. The summed E-state index contributed by atoms with van der Waals surface area (Å²) in [6, 6.07) is 2.77. The van der Waals surface area contributed by atoms with Crippen molar-refractivity contribution in [1.29, 1.82) is 0 Å². The molecule has 15 heavy (non-hydrogen) atoms. The first-order valence-electron chi connectivity index (χ1n) is 4.10. The number of nitrogen functional groups attached to an aromatic ring is 1. The molecular weight excluding hydrogens is 200 g/mol. The molecule has 0 unspecified atom stereocenters. The Morgan fingerprint density at radius 3 is 2.53 bits per heavy atom. The first-order chi connectivity index (χ1) is 6.99. The van der Waals surface area contributed by atoms with Gasteiger partial charge >= 0.3 is 5.69 Å². The van der Waals surface area contributed by atoms with E-state index in [4.69, 9.17) is 10.5 Å². The Morgan fingerprint density at radius 2 is 2.13 bits per heavy atom. The zero-order valence-corrected chi connectivity index (χ0v) is 8.31. The number of nitro benzene ring substituents is 1. The van der Waals surface area contributed by atoms with Crippen molar-refractivity contribution in [1.82, 2.24) is 0 Å². The molecule has 0 heterocycles. The lowest BCUT2D eigenvalue weighted by atomic mass is 10.1. The fourth-order valence-electron chi connectivity index (χ4n) is 1.30. The topological polar surface area (TPSA) is 95.5 Å². The number of ether oxygens (including phenoxy) is 1. The summed E-state index contributed by atoms with van der Waals surface area (Å²) in [5.41, 5.74) is 4.89. The summed E-state index contributed by atoms with van der Waals surface area (Å²) in [4.78, 5) is 21.3. The Hall–Kier alpha value is -2.11. The maximum Gasteiger partial charge on any atom is 0.306 e. The number of ketones is 1. The number of hydrogen-bond donors (Lipinski definition) is 1. The smallest absolute Gasteiger partial charge is 0.306 e. The summed E-state index contributed by atoms with van der Waals surface area (Å²) >= 11 is 0. The highest BCUT2D eigenvalue weighted by atomic mass is 16.6. The van der Waals surface area contributed by atoms with Crippen LogP contribution in [0.1, 0.15) is 17.3 Å².